The molecule has 27 heavy (non-hydrogen) atoms. The van der Waals surface area contributed by atoms with E-state index in [2.05, 4.69) is 0 Å². The van der Waals surface area contributed by atoms with Gasteiger partial charge in [0.2, 0.25) is 0 Å². The molecule has 0 saturated carbocycles. The molecule has 1 N–H and O–H groups in total. The van der Waals surface area contributed by atoms with E-state index in [1.807, 2.05) is 25.1 Å². The molecule has 0 fully saturated rings. The third kappa shape index (κ3) is 5.20. The Kier molecular flexibility index (Phi) is 6.05. The molecule has 1 amide bonds. The minimum Gasteiger partial charge on any atom is -0.465 e. The third-order valence-corrected chi connectivity index (χ3v) is 4.16. The van der Waals surface area contributed by atoms with Gasteiger partial charge < -0.3 is 9.84 Å². The highest BCUT2D eigenvalue weighted by Crippen LogP contribution is 2.30. The minimum atomic E-state index is -1.14. The zero-order chi connectivity index (χ0) is 20.2. The van der Waals surface area contributed by atoms with Gasteiger partial charge >= 0.3 is 6.09 Å². The molecule has 0 unspecified atom stereocenters. The van der Waals surface area contributed by atoms with Crippen LogP contribution in [0.2, 0.25) is 0 Å². The van der Waals surface area contributed by atoms with E-state index in [1.54, 1.807) is 26.8 Å². The standard InChI is InChI=1S/C20H24N2O5/c1-5-14-7-6-8-16(11-14)27-17-9-10-18(22(25)26)15(12-17)13-21(19(23)24)20(2,3)4/h6-12H,5,13H2,1-4H3,(H,23,24). The molecule has 0 bridgehead atoms. The van der Waals surface area contributed by atoms with Crippen molar-refractivity contribution in [2.75, 3.05) is 0 Å². The highest BCUT2D eigenvalue weighted by Gasteiger charge is 2.29. The van der Waals surface area contributed by atoms with Crippen LogP contribution in [0.1, 0.15) is 38.8 Å². The van der Waals surface area contributed by atoms with Gasteiger partial charge in [0.25, 0.3) is 5.69 Å². The number of carbonyl (C=O) groups is 1. The molecule has 0 saturated heterocycles. The Hall–Kier alpha value is -3.09. The van der Waals surface area contributed by atoms with Gasteiger partial charge in [-0.15, -0.1) is 0 Å². The first-order chi connectivity index (χ1) is 12.6. The minimum absolute atomic E-state index is 0.110. The number of hydrogen-bond acceptors (Lipinski definition) is 4. The van der Waals surface area contributed by atoms with Crippen molar-refractivity contribution in [2.24, 2.45) is 0 Å². The molecule has 2 rings (SSSR count). The van der Waals surface area contributed by atoms with Crippen LogP contribution in [0.3, 0.4) is 0 Å². The fourth-order valence-corrected chi connectivity index (χ4v) is 2.66. The maximum Gasteiger partial charge on any atom is 0.408 e. The lowest BCUT2D eigenvalue weighted by Crippen LogP contribution is -2.44. The van der Waals surface area contributed by atoms with Crippen LogP contribution < -0.4 is 4.74 Å². The van der Waals surface area contributed by atoms with Crippen LogP contribution in [-0.4, -0.2) is 26.6 Å². The van der Waals surface area contributed by atoms with Gasteiger partial charge in [0.05, 0.1) is 17.0 Å². The highest BCUT2D eigenvalue weighted by atomic mass is 16.6. The molecule has 7 heteroatoms. The van der Waals surface area contributed by atoms with Crippen molar-refractivity contribution in [3.05, 3.63) is 63.7 Å². The molecule has 0 atom stereocenters. The summed E-state index contributed by atoms with van der Waals surface area (Å²) in [5, 5.41) is 20.9. The smallest absolute Gasteiger partial charge is 0.408 e. The first-order valence-electron chi connectivity index (χ1n) is 8.66. The molecule has 0 spiro atoms. The summed E-state index contributed by atoms with van der Waals surface area (Å²) in [5.41, 5.74) is 0.549. The van der Waals surface area contributed by atoms with Crippen LogP contribution in [0, 0.1) is 10.1 Å². The number of rotatable bonds is 6. The van der Waals surface area contributed by atoms with Crippen molar-refractivity contribution in [1.82, 2.24) is 4.90 Å². The molecule has 0 radical (unpaired) electrons. The number of nitro benzene ring substituents is 1. The first-order valence-corrected chi connectivity index (χ1v) is 8.66. The number of carboxylic acid groups (broad SMARTS) is 1. The maximum atomic E-state index is 11.6. The number of benzene rings is 2. The largest absolute Gasteiger partial charge is 0.465 e. The van der Waals surface area contributed by atoms with Gasteiger partial charge in [0.1, 0.15) is 11.5 Å². The van der Waals surface area contributed by atoms with E-state index < -0.39 is 16.6 Å². The average Bonchev–Trinajstić information content (AvgIpc) is 2.58. The normalized spacial score (nSPS) is 11.1. The fraction of sp³-hybridized carbons (Fsp3) is 0.350. The zero-order valence-electron chi connectivity index (χ0n) is 15.9. The van der Waals surface area contributed by atoms with Crippen molar-refractivity contribution in [2.45, 2.75) is 46.2 Å². The molecular weight excluding hydrogens is 348 g/mol. The summed E-state index contributed by atoms with van der Waals surface area (Å²) in [6.07, 6.45) is -0.277. The van der Waals surface area contributed by atoms with Gasteiger partial charge in [-0.3, -0.25) is 15.0 Å². The Bertz CT molecular complexity index is 843. The van der Waals surface area contributed by atoms with Crippen LogP contribution in [0.5, 0.6) is 11.5 Å². The SMILES string of the molecule is CCc1cccc(Oc2ccc([N+](=O)[O-])c(CN(C(=O)O)C(C)(C)C)c2)c1. The van der Waals surface area contributed by atoms with Crippen LogP contribution in [0.25, 0.3) is 0 Å². The lowest BCUT2D eigenvalue weighted by molar-refractivity contribution is -0.385. The molecule has 0 aromatic heterocycles. The lowest BCUT2D eigenvalue weighted by atomic mass is 10.0. The number of nitro groups is 1. The van der Waals surface area contributed by atoms with Crippen LogP contribution >= 0.6 is 0 Å². The number of aryl methyl sites for hydroxylation is 1. The van der Waals surface area contributed by atoms with Crippen molar-refractivity contribution >= 4 is 11.8 Å². The molecule has 2 aromatic carbocycles. The third-order valence-electron chi connectivity index (χ3n) is 4.16. The molecule has 0 heterocycles. The van der Waals surface area contributed by atoms with E-state index in [0.29, 0.717) is 11.5 Å². The van der Waals surface area contributed by atoms with Crippen molar-refractivity contribution in [1.29, 1.82) is 0 Å². The molecule has 144 valence electrons. The molecule has 7 nitrogen and oxygen atoms in total. The lowest BCUT2D eigenvalue weighted by Gasteiger charge is -2.33. The molecule has 2 aromatic rings. The fourth-order valence-electron chi connectivity index (χ4n) is 2.66. The van der Waals surface area contributed by atoms with E-state index in [1.165, 1.54) is 18.2 Å². The van der Waals surface area contributed by atoms with Gasteiger partial charge in [0, 0.05) is 11.6 Å². The quantitative estimate of drug-likeness (QED) is 0.554. The second-order valence-electron chi connectivity index (χ2n) is 7.19. The van der Waals surface area contributed by atoms with Gasteiger partial charge in [0.15, 0.2) is 0 Å². The molecule has 0 aliphatic carbocycles. The van der Waals surface area contributed by atoms with Crippen LogP contribution in [-0.2, 0) is 13.0 Å². The van der Waals surface area contributed by atoms with Gasteiger partial charge in [-0.2, -0.15) is 0 Å². The number of hydrogen-bond donors (Lipinski definition) is 1. The zero-order valence-corrected chi connectivity index (χ0v) is 15.9. The topological polar surface area (TPSA) is 92.9 Å². The predicted octanol–water partition coefficient (Wildman–Crippen LogP) is 5.23. The average molecular weight is 372 g/mol. The molecular formula is C20H24N2O5. The Morgan fingerprint density at radius 1 is 1.19 bits per heavy atom. The maximum absolute atomic E-state index is 11.6. The van der Waals surface area contributed by atoms with Gasteiger partial charge in [-0.25, -0.2) is 4.79 Å². The van der Waals surface area contributed by atoms with Gasteiger partial charge in [-0.1, -0.05) is 19.1 Å². The van der Waals surface area contributed by atoms with E-state index in [0.717, 1.165) is 16.9 Å². The Balaban J connectivity index is 2.38. The van der Waals surface area contributed by atoms with Crippen LogP contribution in [0.15, 0.2) is 42.5 Å². The predicted molar refractivity (Wildman–Crippen MR) is 102 cm³/mol. The number of amides is 1. The van der Waals surface area contributed by atoms with Crippen molar-refractivity contribution in [3.8, 4) is 11.5 Å². The second kappa shape index (κ2) is 8.07. The van der Waals surface area contributed by atoms with Crippen LogP contribution in [0.4, 0.5) is 10.5 Å². The summed E-state index contributed by atoms with van der Waals surface area (Å²) in [6, 6.07) is 12.0. The summed E-state index contributed by atoms with van der Waals surface area (Å²) in [5.74, 6) is 1.04. The van der Waals surface area contributed by atoms with Gasteiger partial charge in [-0.05, 0) is 57.0 Å². The summed E-state index contributed by atoms with van der Waals surface area (Å²) in [6.45, 7) is 7.15. The Labute approximate surface area is 158 Å². The molecule has 0 aliphatic heterocycles. The number of ether oxygens (including phenoxy) is 1. The van der Waals surface area contributed by atoms with E-state index in [9.17, 15) is 20.0 Å². The van der Waals surface area contributed by atoms with E-state index >= 15 is 0 Å². The van der Waals surface area contributed by atoms with E-state index in [-0.39, 0.29) is 17.8 Å². The monoisotopic (exact) mass is 372 g/mol. The summed E-state index contributed by atoms with van der Waals surface area (Å²) in [7, 11) is 0. The summed E-state index contributed by atoms with van der Waals surface area (Å²) < 4.78 is 5.84. The van der Waals surface area contributed by atoms with Crippen molar-refractivity contribution in [3.63, 3.8) is 0 Å². The molecule has 0 aliphatic rings. The first kappa shape index (κ1) is 20.2. The Morgan fingerprint density at radius 2 is 1.85 bits per heavy atom. The summed E-state index contributed by atoms with van der Waals surface area (Å²) in [4.78, 5) is 23.6. The Morgan fingerprint density at radius 3 is 2.41 bits per heavy atom. The number of nitrogens with zero attached hydrogens (tertiary/aromatic N) is 2. The summed E-state index contributed by atoms with van der Waals surface area (Å²) >= 11 is 0. The van der Waals surface area contributed by atoms with E-state index in [4.69, 9.17) is 4.74 Å². The van der Waals surface area contributed by atoms with Crippen molar-refractivity contribution < 1.29 is 19.6 Å². The highest BCUT2D eigenvalue weighted by molar-refractivity contribution is 5.66. The second-order valence-corrected chi connectivity index (χ2v) is 7.19.